The lowest BCUT2D eigenvalue weighted by Gasteiger charge is -2.65. The van der Waals surface area contributed by atoms with Crippen molar-refractivity contribution >= 4 is 12.2 Å². The molecule has 6 nitrogen and oxygen atoms in total. The Bertz CT molecular complexity index is 926. The minimum Gasteiger partial charge on any atom is -0.458 e. The van der Waals surface area contributed by atoms with E-state index in [0.717, 1.165) is 56.9 Å². The third-order valence-corrected chi connectivity index (χ3v) is 11.7. The van der Waals surface area contributed by atoms with Crippen molar-refractivity contribution in [1.29, 1.82) is 0 Å². The van der Waals surface area contributed by atoms with Crippen LogP contribution >= 0.6 is 0 Å². The molecule has 5 fully saturated rings. The zero-order valence-electron chi connectivity index (χ0n) is 21.3. The van der Waals surface area contributed by atoms with Gasteiger partial charge in [-0.1, -0.05) is 26.2 Å². The lowest BCUT2D eigenvalue weighted by molar-refractivity contribution is -0.237. The van der Waals surface area contributed by atoms with Crippen LogP contribution in [0.5, 0.6) is 0 Å². The van der Waals surface area contributed by atoms with Gasteiger partial charge in [-0.25, -0.2) is 4.79 Å². The molecule has 5 aliphatic carbocycles. The van der Waals surface area contributed by atoms with Crippen LogP contribution in [0, 0.1) is 28.6 Å². The van der Waals surface area contributed by atoms with Crippen LogP contribution in [-0.2, 0) is 9.53 Å². The third kappa shape index (κ3) is 3.45. The maximum absolute atomic E-state index is 12.5. The Morgan fingerprint density at radius 1 is 0.971 bits per heavy atom. The maximum Gasteiger partial charge on any atom is 0.331 e. The Morgan fingerprint density at radius 2 is 1.74 bits per heavy atom. The van der Waals surface area contributed by atoms with Crippen molar-refractivity contribution in [2.45, 2.75) is 120 Å². The van der Waals surface area contributed by atoms with Gasteiger partial charge in [-0.15, -0.1) is 0 Å². The molecule has 0 amide bonds. The number of aliphatic hydroxyl groups is 3. The smallest absolute Gasteiger partial charge is 0.331 e. The molecule has 0 bridgehead atoms. The normalized spacial score (nSPS) is 50.4. The van der Waals surface area contributed by atoms with E-state index in [1.54, 1.807) is 6.08 Å². The molecule has 6 aliphatic rings. The predicted molar refractivity (Wildman–Crippen MR) is 133 cm³/mol. The third-order valence-electron chi connectivity index (χ3n) is 11.7. The number of cyclic esters (lactones) is 1. The summed E-state index contributed by atoms with van der Waals surface area (Å²) in [5, 5.41) is 35.2. The van der Waals surface area contributed by atoms with Gasteiger partial charge in [-0.2, -0.15) is 0 Å². The summed E-state index contributed by atoms with van der Waals surface area (Å²) in [6, 6.07) is 0.342. The highest BCUT2D eigenvalue weighted by atomic mass is 16.5. The zero-order chi connectivity index (χ0) is 24.5. The van der Waals surface area contributed by atoms with Gasteiger partial charge in [0, 0.05) is 35.6 Å². The average molecular weight is 486 g/mol. The Hall–Kier alpha value is -1.24. The summed E-state index contributed by atoms with van der Waals surface area (Å²) >= 11 is 0. The number of carbonyl (C=O) groups excluding carboxylic acids is 1. The lowest BCUT2D eigenvalue weighted by Crippen LogP contribution is -2.68. The van der Waals surface area contributed by atoms with Gasteiger partial charge in [0.15, 0.2) is 0 Å². The van der Waals surface area contributed by atoms with Crippen LogP contribution in [0.2, 0.25) is 0 Å². The van der Waals surface area contributed by atoms with Crippen LogP contribution < -0.4 is 0 Å². The number of hydrogen-bond acceptors (Lipinski definition) is 6. The molecule has 3 N–H and O–H groups in total. The van der Waals surface area contributed by atoms with E-state index in [1.807, 2.05) is 0 Å². The van der Waals surface area contributed by atoms with Gasteiger partial charge in [0.2, 0.25) is 0 Å². The number of carbonyl (C=O) groups is 1. The molecular formula is C29H43NO5. The van der Waals surface area contributed by atoms with Crippen LogP contribution in [0.4, 0.5) is 0 Å². The first-order chi connectivity index (χ1) is 16.7. The van der Waals surface area contributed by atoms with Gasteiger partial charge in [-0.3, -0.25) is 4.99 Å². The lowest BCUT2D eigenvalue weighted by atomic mass is 9.41. The van der Waals surface area contributed by atoms with Crippen LogP contribution in [-0.4, -0.2) is 57.5 Å². The van der Waals surface area contributed by atoms with Gasteiger partial charge in [0.1, 0.15) is 6.61 Å². The molecular weight excluding hydrogens is 442 g/mol. The Morgan fingerprint density at radius 3 is 2.49 bits per heavy atom. The van der Waals surface area contributed by atoms with Gasteiger partial charge in [0.05, 0.1) is 17.3 Å². The van der Waals surface area contributed by atoms with E-state index in [4.69, 9.17) is 9.73 Å². The molecule has 0 spiro atoms. The summed E-state index contributed by atoms with van der Waals surface area (Å²) in [5.74, 6) is 0.168. The summed E-state index contributed by atoms with van der Waals surface area (Å²) in [6.45, 7) is 2.59. The minimum absolute atomic E-state index is 0.0956. The number of nitrogens with zero attached hydrogens (tertiary/aromatic N) is 1. The Labute approximate surface area is 209 Å². The summed E-state index contributed by atoms with van der Waals surface area (Å²) < 4.78 is 5.25. The highest BCUT2D eigenvalue weighted by Gasteiger charge is 2.71. The second-order valence-corrected chi connectivity index (χ2v) is 13.1. The Kier molecular flexibility index (Phi) is 5.78. The van der Waals surface area contributed by atoms with Crippen LogP contribution in [0.3, 0.4) is 0 Å². The second-order valence-electron chi connectivity index (χ2n) is 13.1. The van der Waals surface area contributed by atoms with Gasteiger partial charge in [0.25, 0.3) is 0 Å². The van der Waals surface area contributed by atoms with E-state index in [-0.39, 0.29) is 29.1 Å². The van der Waals surface area contributed by atoms with E-state index < -0.39 is 22.7 Å². The summed E-state index contributed by atoms with van der Waals surface area (Å²) in [7, 11) is 0. The number of rotatable bonds is 3. The number of fused-ring (bicyclic) bond motifs is 5. The molecule has 6 rings (SSSR count). The van der Waals surface area contributed by atoms with Crippen molar-refractivity contribution < 1.29 is 24.9 Å². The van der Waals surface area contributed by atoms with Crippen LogP contribution in [0.1, 0.15) is 96.8 Å². The van der Waals surface area contributed by atoms with E-state index in [9.17, 15) is 20.1 Å². The molecule has 0 radical (unpaired) electrons. The highest BCUT2D eigenvalue weighted by Crippen LogP contribution is 2.70. The number of esters is 1. The fraction of sp³-hybridized carbons (Fsp3) is 0.862. The SMILES string of the molecule is C[C@]12CC[C@H]3[C@@H](CC[C@]4(O)C[C@H](O)CC[C@]34C=NC3CCCCC3)[C@]1(O)CC[C@@H]2C1=CC(=O)OC1. The quantitative estimate of drug-likeness (QED) is 0.413. The molecule has 8 atom stereocenters. The molecule has 35 heavy (non-hydrogen) atoms. The number of ether oxygens (including phenoxy) is 1. The van der Waals surface area contributed by atoms with Crippen molar-refractivity contribution in [3.8, 4) is 0 Å². The maximum atomic E-state index is 12.5. The van der Waals surface area contributed by atoms with E-state index in [2.05, 4.69) is 13.1 Å². The minimum atomic E-state index is -0.958. The largest absolute Gasteiger partial charge is 0.458 e. The monoisotopic (exact) mass is 485 g/mol. The fourth-order valence-electron chi connectivity index (χ4n) is 9.83. The van der Waals surface area contributed by atoms with Gasteiger partial charge in [-0.05, 0) is 87.5 Å². The molecule has 5 saturated carbocycles. The van der Waals surface area contributed by atoms with Gasteiger partial charge >= 0.3 is 5.97 Å². The van der Waals surface area contributed by atoms with Crippen molar-refractivity contribution in [3.63, 3.8) is 0 Å². The first kappa shape index (κ1) is 24.1. The molecule has 194 valence electrons. The molecule has 0 unspecified atom stereocenters. The van der Waals surface area contributed by atoms with Crippen molar-refractivity contribution in [2.24, 2.45) is 33.6 Å². The summed E-state index contributed by atoms with van der Waals surface area (Å²) in [4.78, 5) is 17.0. The van der Waals surface area contributed by atoms with Crippen molar-refractivity contribution in [2.75, 3.05) is 6.61 Å². The second kappa shape index (κ2) is 8.39. The molecule has 6 heteroatoms. The molecule has 0 aromatic carbocycles. The highest BCUT2D eigenvalue weighted by molar-refractivity contribution is 5.85. The summed E-state index contributed by atoms with van der Waals surface area (Å²) in [5.41, 5.74) is -1.50. The standard InChI is InChI=1S/C29H43NO5/c1-26-11-8-23-24(29(26,34)14-10-22(26)19-15-25(32)35-17-19)9-13-28(33)16-21(31)7-12-27(23,28)18-30-20-5-3-2-4-6-20/h15,18,20-24,31,33-34H,2-14,16-17H2,1H3/t21-,22-,23+,24-,26-,27+,28+,29-/m1/s1. The first-order valence-electron chi connectivity index (χ1n) is 14.3. The van der Waals surface area contributed by atoms with E-state index in [0.29, 0.717) is 31.9 Å². The number of aliphatic imine (C=N–C) groups is 1. The predicted octanol–water partition coefficient (Wildman–Crippen LogP) is 4.10. The fourth-order valence-corrected chi connectivity index (χ4v) is 9.83. The van der Waals surface area contributed by atoms with Crippen molar-refractivity contribution in [3.05, 3.63) is 11.6 Å². The Balaban J connectivity index is 1.36. The zero-order valence-corrected chi connectivity index (χ0v) is 21.3. The number of hydrogen-bond donors (Lipinski definition) is 3. The molecule has 0 aromatic rings. The van der Waals surface area contributed by atoms with Crippen LogP contribution in [0.25, 0.3) is 0 Å². The van der Waals surface area contributed by atoms with Crippen molar-refractivity contribution in [1.82, 2.24) is 0 Å². The molecule has 1 aliphatic heterocycles. The molecule has 0 aromatic heterocycles. The van der Waals surface area contributed by atoms with E-state index >= 15 is 0 Å². The summed E-state index contributed by atoms with van der Waals surface area (Å²) in [6.07, 6.45) is 16.0. The first-order valence-corrected chi connectivity index (χ1v) is 14.3. The molecule has 0 saturated heterocycles. The topological polar surface area (TPSA) is 99.4 Å². The van der Waals surface area contributed by atoms with Gasteiger partial charge < -0.3 is 20.1 Å². The number of aliphatic hydroxyl groups excluding tert-OH is 1. The van der Waals surface area contributed by atoms with E-state index in [1.165, 1.54) is 19.3 Å². The van der Waals surface area contributed by atoms with Crippen LogP contribution in [0.15, 0.2) is 16.6 Å². The average Bonchev–Trinajstić information content (AvgIpc) is 3.38. The molecule has 1 heterocycles.